The largest absolute Gasteiger partial charge is 0.337 e. The minimum Gasteiger partial charge on any atom is -0.337 e. The zero-order valence-electron chi connectivity index (χ0n) is 22.2. The summed E-state index contributed by atoms with van der Waals surface area (Å²) in [6, 6.07) is 8.32. The molecule has 2 aromatic heterocycles. The molecule has 0 spiro atoms. The van der Waals surface area contributed by atoms with Gasteiger partial charge in [0.1, 0.15) is 22.9 Å². The molecule has 6 nitrogen and oxygen atoms in total. The van der Waals surface area contributed by atoms with Crippen LogP contribution < -0.4 is 0 Å². The van der Waals surface area contributed by atoms with Gasteiger partial charge in [0.25, 0.3) is 5.91 Å². The van der Waals surface area contributed by atoms with Gasteiger partial charge >= 0.3 is 0 Å². The lowest BCUT2D eigenvalue weighted by Gasteiger charge is -2.26. The van der Waals surface area contributed by atoms with Gasteiger partial charge in [-0.05, 0) is 82.1 Å². The number of hydrogen-bond donors (Lipinski definition) is 0. The van der Waals surface area contributed by atoms with Crippen molar-refractivity contribution in [3.63, 3.8) is 0 Å². The number of hydrogen-bond acceptors (Lipinski definition) is 4. The molecule has 8 heteroatoms. The molecule has 0 bridgehead atoms. The van der Waals surface area contributed by atoms with Crippen LogP contribution in [0.3, 0.4) is 0 Å². The lowest BCUT2D eigenvalue weighted by Crippen LogP contribution is -2.33. The van der Waals surface area contributed by atoms with Crippen molar-refractivity contribution in [2.75, 3.05) is 32.7 Å². The lowest BCUT2D eigenvalue weighted by molar-refractivity contribution is 0.0745. The second kappa shape index (κ2) is 13.5. The topological polar surface area (TPSA) is 54.3 Å². The number of unbranched alkanes of at least 4 members (excludes halogenated alkanes) is 2. The normalized spacial score (nSPS) is 14.4. The number of halogens is 2. The first-order chi connectivity index (χ1) is 18.0. The Balaban J connectivity index is 1.68. The van der Waals surface area contributed by atoms with Crippen LogP contribution in [-0.2, 0) is 6.54 Å². The van der Waals surface area contributed by atoms with E-state index in [1.807, 2.05) is 11.0 Å². The zero-order valence-corrected chi connectivity index (χ0v) is 23.8. The first kappa shape index (κ1) is 27.7. The Morgan fingerprint density at radius 2 is 1.70 bits per heavy atom. The summed E-state index contributed by atoms with van der Waals surface area (Å²) in [4.78, 5) is 27.6. The number of pyridine rings is 1. The highest BCUT2D eigenvalue weighted by Crippen LogP contribution is 2.31. The fraction of sp³-hybridized carbons (Fsp3) is 0.552. The summed E-state index contributed by atoms with van der Waals surface area (Å²) in [6.45, 7) is 9.76. The van der Waals surface area contributed by atoms with Gasteiger partial charge in [-0.25, -0.2) is 14.4 Å². The predicted molar refractivity (Wildman–Crippen MR) is 151 cm³/mol. The summed E-state index contributed by atoms with van der Waals surface area (Å²) in [7, 11) is 0. The highest BCUT2D eigenvalue weighted by atomic mass is 79.9. The number of aromatic nitrogens is 3. The molecule has 1 fully saturated rings. The number of rotatable bonds is 12. The number of likely N-dealkylation sites (tertiary alicyclic amines) is 1. The van der Waals surface area contributed by atoms with Gasteiger partial charge in [-0.15, -0.1) is 0 Å². The third-order valence-corrected chi connectivity index (χ3v) is 7.83. The quantitative estimate of drug-likeness (QED) is 0.237. The van der Waals surface area contributed by atoms with Crippen LogP contribution in [-0.4, -0.2) is 63.0 Å². The van der Waals surface area contributed by atoms with Gasteiger partial charge in [-0.2, -0.15) is 0 Å². The number of carbonyl (C=O) groups is 1. The lowest BCUT2D eigenvalue weighted by atomic mass is 10.1. The highest BCUT2D eigenvalue weighted by Gasteiger charge is 2.21. The molecule has 0 saturated carbocycles. The van der Waals surface area contributed by atoms with Crippen LogP contribution in [0.5, 0.6) is 0 Å². The minimum atomic E-state index is -0.309. The molecule has 37 heavy (non-hydrogen) atoms. The molecule has 4 rings (SSSR count). The smallest absolute Gasteiger partial charge is 0.272 e. The van der Waals surface area contributed by atoms with Gasteiger partial charge in [-0.3, -0.25) is 4.79 Å². The fourth-order valence-electron chi connectivity index (χ4n) is 5.02. The molecule has 1 amide bonds. The van der Waals surface area contributed by atoms with Crippen LogP contribution in [0.25, 0.3) is 22.6 Å². The monoisotopic (exact) mass is 571 g/mol. The van der Waals surface area contributed by atoms with Crippen LogP contribution in [0.1, 0.15) is 75.7 Å². The number of nitrogens with zero attached hydrogens (tertiary/aromatic N) is 5. The summed E-state index contributed by atoms with van der Waals surface area (Å²) in [5.74, 6) is 0.334. The van der Waals surface area contributed by atoms with Crippen LogP contribution in [0.15, 0.2) is 34.8 Å². The number of fused-ring (bicyclic) bond motifs is 1. The van der Waals surface area contributed by atoms with Crippen molar-refractivity contribution in [2.45, 2.75) is 71.8 Å². The molecule has 0 unspecified atom stereocenters. The van der Waals surface area contributed by atoms with Crippen molar-refractivity contribution in [3.05, 3.63) is 46.3 Å². The Kier molecular flexibility index (Phi) is 10.1. The summed E-state index contributed by atoms with van der Waals surface area (Å²) >= 11 is 3.58. The van der Waals surface area contributed by atoms with Gasteiger partial charge in [0.2, 0.25) is 0 Å². The average molecular weight is 573 g/mol. The molecule has 1 saturated heterocycles. The van der Waals surface area contributed by atoms with Crippen molar-refractivity contribution in [1.29, 1.82) is 0 Å². The van der Waals surface area contributed by atoms with E-state index in [1.54, 1.807) is 12.1 Å². The van der Waals surface area contributed by atoms with Crippen LogP contribution >= 0.6 is 15.9 Å². The Morgan fingerprint density at radius 3 is 2.41 bits per heavy atom. The van der Waals surface area contributed by atoms with E-state index < -0.39 is 0 Å². The molecule has 0 radical (unpaired) electrons. The van der Waals surface area contributed by atoms with Crippen molar-refractivity contribution < 1.29 is 9.18 Å². The second-order valence-electron chi connectivity index (χ2n) is 10.0. The molecule has 3 aromatic rings. The van der Waals surface area contributed by atoms with Crippen molar-refractivity contribution in [2.24, 2.45) is 0 Å². The molecular formula is C29H39BrFN5O. The van der Waals surface area contributed by atoms with Crippen LogP contribution in [0.2, 0.25) is 0 Å². The fourth-order valence-corrected chi connectivity index (χ4v) is 5.44. The maximum absolute atomic E-state index is 14.2. The molecule has 0 aliphatic carbocycles. The Labute approximate surface area is 228 Å². The van der Waals surface area contributed by atoms with E-state index in [-0.39, 0.29) is 11.7 Å². The molecule has 0 atom stereocenters. The number of benzene rings is 1. The molecule has 1 aliphatic rings. The molecule has 0 N–H and O–H groups in total. The second-order valence-corrected chi connectivity index (χ2v) is 10.9. The molecular weight excluding hydrogens is 533 g/mol. The maximum Gasteiger partial charge on any atom is 0.272 e. The first-order valence-electron chi connectivity index (χ1n) is 13.9. The Hall–Kier alpha value is -2.32. The molecule has 3 heterocycles. The van der Waals surface area contributed by atoms with E-state index in [0.717, 1.165) is 69.3 Å². The van der Waals surface area contributed by atoms with Crippen molar-refractivity contribution in [3.8, 4) is 11.4 Å². The van der Waals surface area contributed by atoms with E-state index in [1.165, 1.54) is 31.4 Å². The summed E-state index contributed by atoms with van der Waals surface area (Å²) in [6.07, 6.45) is 8.80. The summed E-state index contributed by atoms with van der Waals surface area (Å²) in [5.41, 5.74) is 2.54. The zero-order chi connectivity index (χ0) is 26.2. The van der Waals surface area contributed by atoms with E-state index >= 15 is 0 Å². The van der Waals surface area contributed by atoms with Gasteiger partial charge in [-0.1, -0.05) is 49.0 Å². The average Bonchev–Trinajstić information content (AvgIpc) is 3.28. The van der Waals surface area contributed by atoms with Crippen molar-refractivity contribution in [1.82, 2.24) is 24.3 Å². The first-order valence-corrected chi connectivity index (χ1v) is 14.7. The Morgan fingerprint density at radius 1 is 0.973 bits per heavy atom. The van der Waals surface area contributed by atoms with Crippen LogP contribution in [0.4, 0.5) is 4.39 Å². The highest BCUT2D eigenvalue weighted by molar-refractivity contribution is 9.10. The summed E-state index contributed by atoms with van der Waals surface area (Å²) in [5, 5.41) is 0. The number of piperidine rings is 1. The molecule has 1 aliphatic heterocycles. The van der Waals surface area contributed by atoms with Gasteiger partial charge < -0.3 is 14.4 Å². The Bertz CT molecular complexity index is 1180. The molecule has 200 valence electrons. The van der Waals surface area contributed by atoms with E-state index in [0.29, 0.717) is 34.8 Å². The molecule has 1 aromatic carbocycles. The predicted octanol–water partition coefficient (Wildman–Crippen LogP) is 6.92. The van der Waals surface area contributed by atoms with Crippen LogP contribution in [0, 0.1) is 5.82 Å². The van der Waals surface area contributed by atoms with E-state index in [9.17, 15) is 9.18 Å². The summed E-state index contributed by atoms with van der Waals surface area (Å²) < 4.78 is 17.1. The standard InChI is InChI=1S/C29H39BrFN5O/c1-3-5-18-35(19-6-4-2)29(37)26-14-13-25-28(33-26)36(20-10-17-34-15-8-7-9-16-34)27(32-25)23-21-22(31)11-12-24(23)30/h11-14,21H,3-10,15-20H2,1-2H3. The van der Waals surface area contributed by atoms with Gasteiger partial charge in [0.05, 0.1) is 0 Å². The van der Waals surface area contributed by atoms with Gasteiger partial charge in [0.15, 0.2) is 5.65 Å². The number of amides is 1. The van der Waals surface area contributed by atoms with Crippen molar-refractivity contribution >= 4 is 33.0 Å². The maximum atomic E-state index is 14.2. The number of imidazole rings is 1. The number of aryl methyl sites for hydroxylation is 1. The van der Waals surface area contributed by atoms with E-state index in [4.69, 9.17) is 9.97 Å². The SMILES string of the molecule is CCCCN(CCCC)C(=O)c1ccc2nc(-c3cc(F)ccc3Br)n(CCCN3CCCCC3)c2n1. The van der Waals surface area contributed by atoms with Gasteiger partial charge in [0, 0.05) is 29.7 Å². The number of carbonyl (C=O) groups excluding carboxylic acids is 1. The minimum absolute atomic E-state index is 0.0293. The third kappa shape index (κ3) is 6.96. The van der Waals surface area contributed by atoms with E-state index in [2.05, 4.69) is 39.2 Å². The third-order valence-electron chi connectivity index (χ3n) is 7.14.